The molecule has 4 aromatic carbocycles. The summed E-state index contributed by atoms with van der Waals surface area (Å²) < 4.78 is 0. The Bertz CT molecular complexity index is 1250. The molecule has 1 unspecified atom stereocenters. The van der Waals surface area contributed by atoms with Gasteiger partial charge in [0, 0.05) is 5.92 Å². The van der Waals surface area contributed by atoms with Crippen molar-refractivity contribution in [2.45, 2.75) is 19.8 Å². The minimum absolute atomic E-state index is 0.293. The maximum Gasteiger partial charge on any atom is 0.0165 e. The van der Waals surface area contributed by atoms with E-state index in [1.165, 1.54) is 44.5 Å². The molecular weight excluding hydrogens is 384 g/mol. The Kier molecular flexibility index (Phi) is 5.60. The van der Waals surface area contributed by atoms with Crippen molar-refractivity contribution in [3.63, 3.8) is 0 Å². The topological polar surface area (TPSA) is 0 Å². The van der Waals surface area contributed by atoms with Gasteiger partial charge in [0.2, 0.25) is 0 Å². The summed E-state index contributed by atoms with van der Waals surface area (Å²) in [7, 11) is 0. The lowest BCUT2D eigenvalue weighted by atomic mass is 9.65. The Morgan fingerprint density at radius 2 is 0.875 bits per heavy atom. The monoisotopic (exact) mass is 412 g/mol. The molecule has 32 heavy (non-hydrogen) atoms. The highest BCUT2D eigenvalue weighted by atomic mass is 14.4. The summed E-state index contributed by atoms with van der Waals surface area (Å²) in [6, 6.07) is 43.8. The van der Waals surface area contributed by atoms with Gasteiger partial charge in [-0.2, -0.15) is 0 Å². The first kappa shape index (κ1) is 20.3. The van der Waals surface area contributed by atoms with Gasteiger partial charge < -0.3 is 0 Å². The Morgan fingerprint density at radius 1 is 0.469 bits per heavy atom. The molecule has 4 aromatic rings. The second-order valence-corrected chi connectivity index (χ2v) is 8.60. The van der Waals surface area contributed by atoms with Crippen molar-refractivity contribution in [1.29, 1.82) is 0 Å². The third-order valence-corrected chi connectivity index (χ3v) is 6.71. The van der Waals surface area contributed by atoms with Crippen molar-refractivity contribution in [2.75, 3.05) is 0 Å². The third kappa shape index (κ3) is 3.63. The Balaban J connectivity index is 1.85. The summed E-state index contributed by atoms with van der Waals surface area (Å²) in [5, 5.41) is 0. The van der Waals surface area contributed by atoms with Crippen LogP contribution in [-0.4, -0.2) is 0 Å². The normalized spacial score (nSPS) is 18.7. The van der Waals surface area contributed by atoms with Crippen molar-refractivity contribution < 1.29 is 0 Å². The van der Waals surface area contributed by atoms with E-state index >= 15 is 0 Å². The van der Waals surface area contributed by atoms with Crippen molar-refractivity contribution in [2.24, 2.45) is 5.92 Å². The predicted molar refractivity (Wildman–Crippen MR) is 137 cm³/mol. The Labute approximate surface area is 191 Å². The van der Waals surface area contributed by atoms with E-state index in [0.717, 1.165) is 0 Å². The standard InChI is InChI=1S/C32H28/c1-23-29(25-15-7-3-8-16-25)31(27-19-11-5-12-20-27)24(2)32(28-21-13-6-14-22-28)30(23)26-17-9-4-10-18-26/h3-23,29H,1-2H3/t23?,29-/m0/s1. The summed E-state index contributed by atoms with van der Waals surface area (Å²) in [5.41, 5.74) is 10.9. The van der Waals surface area contributed by atoms with E-state index in [1.54, 1.807) is 0 Å². The van der Waals surface area contributed by atoms with Gasteiger partial charge in [0.05, 0.1) is 0 Å². The molecule has 0 spiro atoms. The molecule has 2 atom stereocenters. The summed E-state index contributed by atoms with van der Waals surface area (Å²) in [6.45, 7) is 4.72. The molecule has 0 saturated heterocycles. The Morgan fingerprint density at radius 3 is 1.38 bits per heavy atom. The van der Waals surface area contributed by atoms with Crippen LogP contribution in [0.1, 0.15) is 42.0 Å². The molecule has 0 heteroatoms. The number of allylic oxidation sites excluding steroid dienone is 4. The van der Waals surface area contributed by atoms with Gasteiger partial charge in [0.1, 0.15) is 0 Å². The highest BCUT2D eigenvalue weighted by Gasteiger charge is 2.35. The van der Waals surface area contributed by atoms with Gasteiger partial charge in [0.15, 0.2) is 0 Å². The minimum atomic E-state index is 0.293. The van der Waals surface area contributed by atoms with Gasteiger partial charge in [-0.3, -0.25) is 0 Å². The molecule has 0 radical (unpaired) electrons. The predicted octanol–water partition coefficient (Wildman–Crippen LogP) is 8.50. The van der Waals surface area contributed by atoms with E-state index in [-0.39, 0.29) is 0 Å². The SMILES string of the molecule is CC1=C(c2ccccc2)[C@H](c2ccccc2)C(C)C(c2ccccc2)=C1c1ccccc1. The molecule has 0 aromatic heterocycles. The van der Waals surface area contributed by atoms with E-state index < -0.39 is 0 Å². The maximum absolute atomic E-state index is 2.40. The molecule has 1 aliphatic carbocycles. The highest BCUT2D eigenvalue weighted by Crippen LogP contribution is 2.54. The van der Waals surface area contributed by atoms with E-state index in [0.29, 0.717) is 11.8 Å². The molecule has 0 N–H and O–H groups in total. The molecule has 0 bridgehead atoms. The molecule has 0 heterocycles. The van der Waals surface area contributed by atoms with Crippen LogP contribution < -0.4 is 0 Å². The van der Waals surface area contributed by atoms with Crippen molar-refractivity contribution >= 4 is 16.7 Å². The fraction of sp³-hybridized carbons (Fsp3) is 0.125. The number of benzene rings is 4. The summed E-state index contributed by atoms with van der Waals surface area (Å²) in [4.78, 5) is 0. The van der Waals surface area contributed by atoms with E-state index in [2.05, 4.69) is 135 Å². The van der Waals surface area contributed by atoms with Crippen LogP contribution in [0.25, 0.3) is 16.7 Å². The fourth-order valence-electron chi connectivity index (χ4n) is 5.35. The first-order valence-corrected chi connectivity index (χ1v) is 11.4. The molecule has 0 nitrogen and oxygen atoms in total. The van der Waals surface area contributed by atoms with Crippen LogP contribution in [0.3, 0.4) is 0 Å². The van der Waals surface area contributed by atoms with Crippen molar-refractivity contribution in [3.8, 4) is 0 Å². The highest BCUT2D eigenvalue weighted by molar-refractivity contribution is 6.06. The smallest absolute Gasteiger partial charge is 0.0165 e. The molecule has 0 fully saturated rings. The molecule has 5 rings (SSSR count). The third-order valence-electron chi connectivity index (χ3n) is 6.71. The van der Waals surface area contributed by atoms with Crippen LogP contribution >= 0.6 is 0 Å². The zero-order valence-corrected chi connectivity index (χ0v) is 18.7. The first-order valence-electron chi connectivity index (χ1n) is 11.4. The molecule has 0 saturated carbocycles. The number of hydrogen-bond donors (Lipinski definition) is 0. The van der Waals surface area contributed by atoms with E-state index in [1.807, 2.05) is 0 Å². The second kappa shape index (κ2) is 8.85. The van der Waals surface area contributed by atoms with Crippen molar-refractivity contribution in [1.82, 2.24) is 0 Å². The van der Waals surface area contributed by atoms with Gasteiger partial charge in [-0.15, -0.1) is 0 Å². The largest absolute Gasteiger partial charge is 0.0622 e. The summed E-state index contributed by atoms with van der Waals surface area (Å²) >= 11 is 0. The lowest BCUT2D eigenvalue weighted by molar-refractivity contribution is 0.666. The zero-order valence-electron chi connectivity index (χ0n) is 18.7. The van der Waals surface area contributed by atoms with Crippen LogP contribution in [-0.2, 0) is 0 Å². The van der Waals surface area contributed by atoms with Crippen molar-refractivity contribution in [3.05, 3.63) is 149 Å². The summed E-state index contributed by atoms with van der Waals surface area (Å²) in [5.74, 6) is 0.621. The molecule has 0 amide bonds. The lowest BCUT2D eigenvalue weighted by Crippen LogP contribution is -2.21. The molecular formula is C32H28. The van der Waals surface area contributed by atoms with Crippen LogP contribution in [0.15, 0.2) is 127 Å². The molecule has 0 aliphatic heterocycles. The second-order valence-electron chi connectivity index (χ2n) is 8.60. The van der Waals surface area contributed by atoms with Gasteiger partial charge in [0.25, 0.3) is 0 Å². The zero-order chi connectivity index (χ0) is 21.9. The van der Waals surface area contributed by atoms with E-state index in [4.69, 9.17) is 0 Å². The lowest BCUT2D eigenvalue weighted by Gasteiger charge is -2.38. The summed E-state index contributed by atoms with van der Waals surface area (Å²) in [6.07, 6.45) is 0. The average molecular weight is 413 g/mol. The van der Waals surface area contributed by atoms with Gasteiger partial charge in [-0.25, -0.2) is 0 Å². The average Bonchev–Trinajstić information content (AvgIpc) is 2.87. The molecule has 1 aliphatic rings. The first-order chi connectivity index (χ1) is 15.8. The molecule has 156 valence electrons. The van der Waals surface area contributed by atoms with Crippen LogP contribution in [0, 0.1) is 5.92 Å². The van der Waals surface area contributed by atoms with Gasteiger partial charge in [-0.1, -0.05) is 128 Å². The van der Waals surface area contributed by atoms with Crippen LogP contribution in [0.4, 0.5) is 0 Å². The van der Waals surface area contributed by atoms with Crippen LogP contribution in [0.2, 0.25) is 0 Å². The van der Waals surface area contributed by atoms with Crippen LogP contribution in [0.5, 0.6) is 0 Å². The quantitative estimate of drug-likeness (QED) is 0.315. The number of rotatable bonds is 4. The maximum atomic E-state index is 2.40. The number of hydrogen-bond acceptors (Lipinski definition) is 0. The Hall–Kier alpha value is -3.64. The van der Waals surface area contributed by atoms with Gasteiger partial charge in [-0.05, 0) is 57.4 Å². The van der Waals surface area contributed by atoms with Gasteiger partial charge >= 0.3 is 0 Å². The fourth-order valence-corrected chi connectivity index (χ4v) is 5.35. The minimum Gasteiger partial charge on any atom is -0.0622 e. The van der Waals surface area contributed by atoms with E-state index in [9.17, 15) is 0 Å².